The number of fused-ring (bicyclic) bond motifs is 12. The maximum Gasteiger partial charge on any atom is 0.514 e. The number of likely N-dealkylation sites (N-methyl/N-ethyl adjacent to an activating group) is 1. The van der Waals surface area contributed by atoms with Crippen LogP contribution in [0.25, 0.3) is 10.9 Å². The van der Waals surface area contributed by atoms with Crippen molar-refractivity contribution in [1.82, 2.24) is 20.1 Å². The minimum Gasteiger partial charge on any atom is -0.504 e. The average molecular weight is 820 g/mol. The zero-order valence-corrected chi connectivity index (χ0v) is 34.1. The van der Waals surface area contributed by atoms with Gasteiger partial charge in [-0.15, -0.1) is 11.8 Å². The molecule has 2 saturated heterocycles. The van der Waals surface area contributed by atoms with Crippen molar-refractivity contribution in [3.05, 3.63) is 87.6 Å². The van der Waals surface area contributed by atoms with Crippen LogP contribution in [0.2, 0.25) is 0 Å². The summed E-state index contributed by atoms with van der Waals surface area (Å²) in [4.78, 5) is 36.5. The Morgan fingerprint density at radius 1 is 1.19 bits per heavy atom. The molecule has 7 atom stereocenters. The number of ether oxygens (including phenoxy) is 6. The number of aromatic hydroxyl groups is 1. The fraction of sp³-hybridized carbons (Fsp3) is 0.432. The molecule has 14 nitrogen and oxygen atoms in total. The second kappa shape index (κ2) is 14.2. The number of hydrogen-bond donors (Lipinski definition) is 3. The molecule has 1 aromatic heterocycles. The average Bonchev–Trinajstić information content (AvgIpc) is 3.87. The van der Waals surface area contributed by atoms with Gasteiger partial charge in [0.05, 0.1) is 37.1 Å². The molecule has 0 amide bonds. The highest BCUT2D eigenvalue weighted by Gasteiger charge is 2.61. The molecule has 7 aliphatic heterocycles. The number of Topliss-reactive ketones (excluding diaryl/α,β-unsaturated/α-hetero) is 1. The lowest BCUT2D eigenvalue weighted by atomic mass is 9.71. The summed E-state index contributed by atoms with van der Waals surface area (Å²) >= 11 is 1.55. The van der Waals surface area contributed by atoms with E-state index >= 15 is 0 Å². The number of ketones is 1. The number of nitrogens with zero attached hydrogens (tertiary/aromatic N) is 3. The van der Waals surface area contributed by atoms with Crippen LogP contribution < -0.4 is 24.3 Å². The van der Waals surface area contributed by atoms with E-state index in [4.69, 9.17) is 28.4 Å². The van der Waals surface area contributed by atoms with E-state index in [1.54, 1.807) is 18.9 Å². The highest BCUT2D eigenvalue weighted by atomic mass is 32.2. The number of methoxy groups -OCH3 is 1. The Bertz CT molecular complexity index is 2500. The van der Waals surface area contributed by atoms with Gasteiger partial charge in [0.1, 0.15) is 30.5 Å². The third kappa shape index (κ3) is 5.39. The zero-order valence-electron chi connectivity index (χ0n) is 33.3. The summed E-state index contributed by atoms with van der Waals surface area (Å²) in [5.41, 5.74) is 5.97. The van der Waals surface area contributed by atoms with Crippen LogP contribution in [0.5, 0.6) is 28.7 Å². The van der Waals surface area contributed by atoms with Crippen LogP contribution in [-0.2, 0) is 32.6 Å². The fourth-order valence-corrected chi connectivity index (χ4v) is 12.6. The molecular formula is C44H45N5O9S. The van der Waals surface area contributed by atoms with Crippen LogP contribution >= 0.6 is 11.8 Å². The topological polar surface area (TPSA) is 168 Å². The van der Waals surface area contributed by atoms with E-state index in [1.807, 2.05) is 39.1 Å². The lowest BCUT2D eigenvalue weighted by molar-refractivity contribution is -0.132. The maximum atomic E-state index is 14.9. The van der Waals surface area contributed by atoms with Gasteiger partial charge in [0.2, 0.25) is 6.79 Å². The van der Waals surface area contributed by atoms with Crippen molar-refractivity contribution < 1.29 is 43.1 Å². The number of nitriles is 1. The van der Waals surface area contributed by atoms with Crippen LogP contribution in [0.3, 0.4) is 0 Å². The first kappa shape index (κ1) is 38.0. The molecule has 4 aromatic rings. The van der Waals surface area contributed by atoms with Crippen molar-refractivity contribution in [3.8, 4) is 34.8 Å². The van der Waals surface area contributed by atoms with E-state index in [-0.39, 0.29) is 55.7 Å². The number of thioether (sulfide) groups is 1. The molecule has 1 spiro atoms. The summed E-state index contributed by atoms with van der Waals surface area (Å²) in [5, 5.41) is 27.6. The summed E-state index contributed by atoms with van der Waals surface area (Å²) in [6.45, 7) is 7.65. The van der Waals surface area contributed by atoms with Gasteiger partial charge in [-0.05, 0) is 56.5 Å². The van der Waals surface area contributed by atoms with Crippen molar-refractivity contribution >= 4 is 34.6 Å². The van der Waals surface area contributed by atoms with Gasteiger partial charge in [-0.3, -0.25) is 19.9 Å². The molecule has 3 N–H and O–H groups in total. The standard InChI is InChI=1S/C44H45N5O9S/c1-6-13-55-43(52)58-38-22(3)39-40(57-20-56-39)32-29-17-54-18-30(50)44(42-25(11-12-46-44)24-9-7-8-10-26(24)47-42)19-59-41(33(32)38)35-34-31-23(14-21(2)37(53-5)36(31)51)15-27(48(34)4)28(16-45)49(29)35/h6-10,14,27-29,34-35,41,46-47,51H,1,11-13,15,17-20H2,2-5H3/t27-,28+,29+,34+,35?,41-,44+/m1/s1. The first-order valence-corrected chi connectivity index (χ1v) is 21.0. The van der Waals surface area contributed by atoms with Gasteiger partial charge in [-0.2, -0.15) is 5.26 Å². The van der Waals surface area contributed by atoms with Crippen LogP contribution in [0.15, 0.2) is 43.0 Å². The number of hydrogen-bond acceptors (Lipinski definition) is 14. The lowest BCUT2D eigenvalue weighted by Gasteiger charge is -2.61. The minimum absolute atomic E-state index is 0.00112. The Morgan fingerprint density at radius 2 is 2.00 bits per heavy atom. The second-order valence-corrected chi connectivity index (χ2v) is 17.3. The number of nitrogens with one attached hydrogen (secondary N) is 2. The number of aromatic amines is 1. The number of H-pyrrole nitrogens is 1. The number of phenolic OH excluding ortho intramolecular Hbond substituents is 1. The smallest absolute Gasteiger partial charge is 0.504 e. The number of benzene rings is 3. The Labute approximate surface area is 345 Å². The molecular weight excluding hydrogens is 775 g/mol. The highest BCUT2D eigenvalue weighted by Crippen LogP contribution is 2.64. The summed E-state index contributed by atoms with van der Waals surface area (Å²) in [5.74, 6) is 1.72. The molecule has 15 heteroatoms. The first-order valence-electron chi connectivity index (χ1n) is 19.9. The van der Waals surface area contributed by atoms with Gasteiger partial charge >= 0.3 is 6.16 Å². The van der Waals surface area contributed by atoms with Crippen LogP contribution in [-0.4, -0.2) is 103 Å². The predicted molar refractivity (Wildman–Crippen MR) is 217 cm³/mol. The zero-order chi connectivity index (χ0) is 40.9. The van der Waals surface area contributed by atoms with E-state index in [9.17, 15) is 20.0 Å². The molecule has 0 aliphatic carbocycles. The summed E-state index contributed by atoms with van der Waals surface area (Å²) in [7, 11) is 3.56. The third-order valence-corrected chi connectivity index (χ3v) is 14.8. The summed E-state index contributed by atoms with van der Waals surface area (Å²) in [6.07, 6.45) is 1.78. The second-order valence-electron chi connectivity index (χ2n) is 16.1. The number of rotatable bonds is 4. The minimum atomic E-state index is -1.19. The van der Waals surface area contributed by atoms with Crippen LogP contribution in [0, 0.1) is 25.2 Å². The number of aromatic nitrogens is 1. The Balaban J connectivity index is 1.25. The molecule has 3 aromatic carbocycles. The predicted octanol–water partition coefficient (Wildman–Crippen LogP) is 5.57. The molecule has 7 aliphatic rings. The number of piperazine rings is 1. The number of carbonyl (C=O) groups excluding carboxylic acids is 2. The van der Waals surface area contributed by atoms with Crippen molar-refractivity contribution in [2.45, 2.75) is 67.7 Å². The molecule has 0 saturated carbocycles. The van der Waals surface area contributed by atoms with Gasteiger partial charge < -0.3 is 38.5 Å². The van der Waals surface area contributed by atoms with Crippen molar-refractivity contribution in [1.29, 1.82) is 5.26 Å². The molecule has 0 radical (unpaired) electrons. The van der Waals surface area contributed by atoms with Crippen molar-refractivity contribution in [3.63, 3.8) is 0 Å². The molecule has 1 unspecified atom stereocenters. The van der Waals surface area contributed by atoms with Crippen molar-refractivity contribution in [2.75, 3.05) is 53.1 Å². The quantitative estimate of drug-likeness (QED) is 0.133. The van der Waals surface area contributed by atoms with Crippen LogP contribution in [0.1, 0.15) is 62.0 Å². The van der Waals surface area contributed by atoms with E-state index in [2.05, 4.69) is 44.9 Å². The van der Waals surface area contributed by atoms with E-state index in [1.165, 1.54) is 6.08 Å². The fourth-order valence-electron chi connectivity index (χ4n) is 10.9. The lowest BCUT2D eigenvalue weighted by Crippen LogP contribution is -2.69. The molecule has 11 rings (SSSR count). The number of aryl methyl sites for hydroxylation is 1. The third-order valence-electron chi connectivity index (χ3n) is 13.3. The van der Waals surface area contributed by atoms with Crippen LogP contribution in [0.4, 0.5) is 4.79 Å². The summed E-state index contributed by atoms with van der Waals surface area (Å²) in [6, 6.07) is 10.2. The number of carbonyl (C=O) groups is 2. The number of para-hydroxylation sites is 1. The number of phenols is 1. The molecule has 2 fully saturated rings. The molecule has 4 bridgehead atoms. The SMILES string of the molecule is C=CCOC(=O)Oc1c(C)c2c(c3c1[C@H]1SC[C@]4(NCCc5c4[nH]c4ccccc54)C(=O)COC[C@@H]3N3C1[C@@H]1c4c(cc(C)c(OC)c4O)C[C@H]([C@@H]3C#N)N1C)OCO2. The van der Waals surface area contributed by atoms with Gasteiger partial charge in [0, 0.05) is 63.2 Å². The Hall–Kier alpha value is -5.24. The molecule has 306 valence electrons. The van der Waals surface area contributed by atoms with Crippen molar-refractivity contribution in [2.24, 2.45) is 0 Å². The normalized spacial score (nSPS) is 28.2. The first-order chi connectivity index (χ1) is 28.6. The van der Waals surface area contributed by atoms with Gasteiger partial charge in [0.15, 0.2) is 28.8 Å². The van der Waals surface area contributed by atoms with Gasteiger partial charge in [0.25, 0.3) is 0 Å². The van der Waals surface area contributed by atoms with E-state index < -0.39 is 41.1 Å². The Kier molecular flexibility index (Phi) is 9.15. The molecule has 8 heterocycles. The maximum absolute atomic E-state index is 14.9. The molecule has 59 heavy (non-hydrogen) atoms. The van der Waals surface area contributed by atoms with E-state index in [0.29, 0.717) is 52.5 Å². The largest absolute Gasteiger partial charge is 0.514 e. The monoisotopic (exact) mass is 819 g/mol. The van der Waals surface area contributed by atoms with Gasteiger partial charge in [-0.1, -0.05) is 36.9 Å². The highest BCUT2D eigenvalue weighted by molar-refractivity contribution is 7.99. The van der Waals surface area contributed by atoms with E-state index in [0.717, 1.165) is 39.7 Å². The van der Waals surface area contributed by atoms with Gasteiger partial charge in [-0.25, -0.2) is 4.79 Å². The summed E-state index contributed by atoms with van der Waals surface area (Å²) < 4.78 is 36.4. The Morgan fingerprint density at radius 3 is 2.80 bits per heavy atom.